The summed E-state index contributed by atoms with van der Waals surface area (Å²) >= 11 is 3.39. The Kier molecular flexibility index (Phi) is 10.6. The molecule has 0 saturated carbocycles. The molecular formula is C25H34BrN3O6S. The van der Waals surface area contributed by atoms with Crippen molar-refractivity contribution in [3.63, 3.8) is 0 Å². The van der Waals surface area contributed by atoms with Gasteiger partial charge >= 0.3 is 0 Å². The number of carbonyl (C=O) groups excluding carboxylic acids is 2. The van der Waals surface area contributed by atoms with Crippen LogP contribution in [0.25, 0.3) is 0 Å². The van der Waals surface area contributed by atoms with Gasteiger partial charge in [0.25, 0.3) is 0 Å². The number of methoxy groups -OCH3 is 2. The molecule has 11 heteroatoms. The third-order valence-electron chi connectivity index (χ3n) is 5.45. The molecule has 0 aliphatic carbocycles. The van der Waals surface area contributed by atoms with Crippen LogP contribution >= 0.6 is 15.9 Å². The van der Waals surface area contributed by atoms with E-state index in [1.165, 1.54) is 25.2 Å². The summed E-state index contributed by atoms with van der Waals surface area (Å²) in [4.78, 5) is 27.9. The zero-order chi connectivity index (χ0) is 27.0. The van der Waals surface area contributed by atoms with Gasteiger partial charge in [0.2, 0.25) is 21.8 Å². The quantitative estimate of drug-likeness (QED) is 0.410. The summed E-state index contributed by atoms with van der Waals surface area (Å²) in [5, 5.41) is 2.85. The van der Waals surface area contributed by atoms with Crippen LogP contribution < -0.4 is 19.1 Å². The number of hydrogen-bond acceptors (Lipinski definition) is 6. The van der Waals surface area contributed by atoms with E-state index in [1.807, 2.05) is 38.1 Å². The number of nitrogens with zero attached hydrogens (tertiary/aromatic N) is 2. The Morgan fingerprint density at radius 3 is 2.19 bits per heavy atom. The van der Waals surface area contributed by atoms with Crippen LogP contribution in [0.1, 0.15) is 26.3 Å². The number of sulfonamides is 1. The van der Waals surface area contributed by atoms with Crippen LogP contribution in [0.3, 0.4) is 0 Å². The van der Waals surface area contributed by atoms with Crippen molar-refractivity contribution in [3.8, 4) is 11.5 Å². The molecule has 0 bridgehead atoms. The number of rotatable bonds is 12. The first-order chi connectivity index (χ1) is 16.9. The zero-order valence-electron chi connectivity index (χ0n) is 21.4. The van der Waals surface area contributed by atoms with Crippen molar-refractivity contribution in [2.75, 3.05) is 37.9 Å². The molecule has 0 heterocycles. The second-order valence-corrected chi connectivity index (χ2v) is 11.6. The fraction of sp³-hybridized carbons (Fsp3) is 0.440. The molecule has 0 unspecified atom stereocenters. The summed E-state index contributed by atoms with van der Waals surface area (Å²) in [5.74, 6) is 0.0907. The van der Waals surface area contributed by atoms with Crippen molar-refractivity contribution in [2.45, 2.75) is 33.4 Å². The number of hydrogen-bond donors (Lipinski definition) is 1. The van der Waals surface area contributed by atoms with Crippen LogP contribution in [0.5, 0.6) is 11.5 Å². The highest BCUT2D eigenvalue weighted by molar-refractivity contribution is 9.10. The second-order valence-electron chi connectivity index (χ2n) is 8.77. The van der Waals surface area contributed by atoms with E-state index in [9.17, 15) is 18.0 Å². The Morgan fingerprint density at radius 2 is 1.67 bits per heavy atom. The lowest BCUT2D eigenvalue weighted by atomic mass is 10.1. The number of halogens is 1. The third-order valence-corrected chi connectivity index (χ3v) is 7.11. The van der Waals surface area contributed by atoms with E-state index in [0.717, 1.165) is 20.6 Å². The predicted molar refractivity (Wildman–Crippen MR) is 144 cm³/mol. The second kappa shape index (κ2) is 13.0. The van der Waals surface area contributed by atoms with Crippen molar-refractivity contribution < 1.29 is 27.5 Å². The molecule has 198 valence electrons. The van der Waals surface area contributed by atoms with E-state index < -0.39 is 28.5 Å². The van der Waals surface area contributed by atoms with Crippen molar-refractivity contribution in [2.24, 2.45) is 5.92 Å². The lowest BCUT2D eigenvalue weighted by molar-refractivity contribution is -0.139. The van der Waals surface area contributed by atoms with Crippen LogP contribution in [0, 0.1) is 5.92 Å². The van der Waals surface area contributed by atoms with Crippen molar-refractivity contribution in [1.82, 2.24) is 10.2 Å². The average molecular weight is 585 g/mol. The molecule has 9 nitrogen and oxygen atoms in total. The molecule has 0 radical (unpaired) electrons. The molecule has 0 aliphatic heterocycles. The van der Waals surface area contributed by atoms with Crippen molar-refractivity contribution in [1.29, 1.82) is 0 Å². The van der Waals surface area contributed by atoms with Gasteiger partial charge < -0.3 is 19.7 Å². The molecule has 0 saturated heterocycles. The fourth-order valence-electron chi connectivity index (χ4n) is 3.41. The van der Waals surface area contributed by atoms with Gasteiger partial charge in [0.15, 0.2) is 0 Å². The first-order valence-electron chi connectivity index (χ1n) is 11.4. The third kappa shape index (κ3) is 8.12. The summed E-state index contributed by atoms with van der Waals surface area (Å²) < 4.78 is 38.0. The standard InChI is InChI=1S/C25H34BrN3O6S/c1-17(2)14-27-25(31)18(3)28(15-19-7-9-20(26)10-8-19)24(30)16-29(36(6,32)33)22-12-11-21(34-4)13-23(22)35-5/h7-13,17-18H,14-16H2,1-6H3,(H,27,31)/t18-/m0/s1. The van der Waals surface area contributed by atoms with E-state index in [1.54, 1.807) is 19.1 Å². The largest absolute Gasteiger partial charge is 0.497 e. The van der Waals surface area contributed by atoms with Gasteiger partial charge in [-0.2, -0.15) is 0 Å². The predicted octanol–water partition coefficient (Wildman–Crippen LogP) is 3.42. The minimum atomic E-state index is -3.89. The molecule has 2 rings (SSSR count). The van der Waals surface area contributed by atoms with Crippen LogP contribution in [-0.2, 0) is 26.2 Å². The highest BCUT2D eigenvalue weighted by Gasteiger charge is 2.31. The van der Waals surface area contributed by atoms with E-state index in [2.05, 4.69) is 21.2 Å². The minimum absolute atomic E-state index is 0.125. The first-order valence-corrected chi connectivity index (χ1v) is 14.0. The van der Waals surface area contributed by atoms with Gasteiger partial charge in [0.05, 0.1) is 26.2 Å². The molecule has 36 heavy (non-hydrogen) atoms. The van der Waals surface area contributed by atoms with Crippen LogP contribution in [0.15, 0.2) is 46.9 Å². The zero-order valence-corrected chi connectivity index (χ0v) is 23.9. The van der Waals surface area contributed by atoms with Gasteiger partial charge in [-0.3, -0.25) is 13.9 Å². The monoisotopic (exact) mass is 583 g/mol. The molecular weight excluding hydrogens is 550 g/mol. The number of anilines is 1. The maximum absolute atomic E-state index is 13.6. The molecule has 0 spiro atoms. The Hall–Kier alpha value is -2.79. The summed E-state index contributed by atoms with van der Waals surface area (Å²) in [7, 11) is -0.998. The normalized spacial score (nSPS) is 12.1. The van der Waals surface area contributed by atoms with Crippen LogP contribution in [0.2, 0.25) is 0 Å². The van der Waals surface area contributed by atoms with Gasteiger partial charge in [-0.1, -0.05) is 41.9 Å². The Bertz CT molecular complexity index is 1150. The molecule has 0 aliphatic rings. The highest BCUT2D eigenvalue weighted by atomic mass is 79.9. The number of nitrogens with one attached hydrogen (secondary N) is 1. The Labute approximate surface area is 221 Å². The summed E-state index contributed by atoms with van der Waals surface area (Å²) in [6, 6.07) is 11.2. The average Bonchev–Trinajstić information content (AvgIpc) is 2.83. The molecule has 1 N–H and O–H groups in total. The number of ether oxygens (including phenoxy) is 2. The van der Waals surface area contributed by atoms with E-state index in [0.29, 0.717) is 12.3 Å². The lowest BCUT2D eigenvalue weighted by Crippen LogP contribution is -2.51. The van der Waals surface area contributed by atoms with Gasteiger partial charge in [-0.15, -0.1) is 0 Å². The molecule has 2 aromatic carbocycles. The van der Waals surface area contributed by atoms with Crippen molar-refractivity contribution in [3.05, 3.63) is 52.5 Å². The maximum Gasteiger partial charge on any atom is 0.244 e. The number of benzene rings is 2. The van der Waals surface area contributed by atoms with Crippen molar-refractivity contribution >= 4 is 43.5 Å². The Morgan fingerprint density at radius 1 is 1.03 bits per heavy atom. The molecule has 1 atom stereocenters. The molecule has 2 amide bonds. The van der Waals surface area contributed by atoms with E-state index in [4.69, 9.17) is 9.47 Å². The first kappa shape index (κ1) is 29.4. The van der Waals surface area contributed by atoms with Gasteiger partial charge in [0.1, 0.15) is 24.1 Å². The number of carbonyl (C=O) groups is 2. The summed E-state index contributed by atoms with van der Waals surface area (Å²) in [5.41, 5.74) is 0.984. The SMILES string of the molecule is COc1ccc(N(CC(=O)N(Cc2ccc(Br)cc2)[C@@H](C)C(=O)NCC(C)C)S(C)(=O)=O)c(OC)c1. The van der Waals surface area contributed by atoms with Crippen LogP contribution in [-0.4, -0.2) is 64.7 Å². The van der Waals surface area contributed by atoms with Gasteiger partial charge in [-0.25, -0.2) is 8.42 Å². The molecule has 2 aromatic rings. The highest BCUT2D eigenvalue weighted by Crippen LogP contribution is 2.33. The number of amides is 2. The molecule has 0 aromatic heterocycles. The van der Waals surface area contributed by atoms with Gasteiger partial charge in [0, 0.05) is 23.6 Å². The lowest BCUT2D eigenvalue weighted by Gasteiger charge is -2.32. The van der Waals surface area contributed by atoms with Gasteiger partial charge in [-0.05, 0) is 42.7 Å². The topological polar surface area (TPSA) is 105 Å². The fourth-order valence-corrected chi connectivity index (χ4v) is 4.52. The van der Waals surface area contributed by atoms with Crippen LogP contribution in [0.4, 0.5) is 5.69 Å². The smallest absolute Gasteiger partial charge is 0.244 e. The summed E-state index contributed by atoms with van der Waals surface area (Å²) in [6.07, 6.45) is 1.02. The minimum Gasteiger partial charge on any atom is -0.497 e. The molecule has 0 fully saturated rings. The maximum atomic E-state index is 13.6. The summed E-state index contributed by atoms with van der Waals surface area (Å²) in [6.45, 7) is 5.65. The van der Waals surface area contributed by atoms with E-state index in [-0.39, 0.29) is 29.8 Å². The van der Waals surface area contributed by atoms with E-state index >= 15 is 0 Å². The Balaban J connectivity index is 2.43.